The Morgan fingerprint density at radius 3 is 1.67 bits per heavy atom. The number of para-hydroxylation sites is 2. The molecule has 0 aliphatic heterocycles. The standard InChI is InChI=1S/C47H29N5/c1-48-34-24-26-35(27-25-34)51-42-20-10-8-17-37(42)39-29-33(23-28-44(39)51)36-19-12-22-45-46(36)38-18-9-11-21-43(38)52(45)47-49-40(31-13-4-2-5-14-31)30-41(50-47)32-15-6-3-7-16-32/h2-30H. The Balaban J connectivity index is 1.21. The zero-order valence-electron chi connectivity index (χ0n) is 28.0. The van der Waals surface area contributed by atoms with E-state index in [1.165, 1.54) is 10.8 Å². The van der Waals surface area contributed by atoms with Crippen LogP contribution in [0, 0.1) is 6.57 Å². The van der Waals surface area contributed by atoms with E-state index in [9.17, 15) is 0 Å². The topological polar surface area (TPSA) is 40.0 Å². The predicted octanol–water partition coefficient (Wildman–Crippen LogP) is 12.2. The highest BCUT2D eigenvalue weighted by molar-refractivity contribution is 6.17. The van der Waals surface area contributed by atoms with Crippen LogP contribution in [0.15, 0.2) is 176 Å². The highest BCUT2D eigenvalue weighted by atomic mass is 15.2. The number of nitrogens with zero attached hydrogens (tertiary/aromatic N) is 5. The normalized spacial score (nSPS) is 11.4. The Bertz CT molecular complexity index is 2950. The molecule has 0 fully saturated rings. The molecule has 0 aliphatic carbocycles. The minimum Gasteiger partial charge on any atom is -0.309 e. The van der Waals surface area contributed by atoms with Gasteiger partial charge in [0.25, 0.3) is 0 Å². The average molecular weight is 664 g/mol. The van der Waals surface area contributed by atoms with Crippen molar-refractivity contribution >= 4 is 49.3 Å². The van der Waals surface area contributed by atoms with Crippen LogP contribution in [-0.4, -0.2) is 19.1 Å². The molecule has 7 aromatic carbocycles. The number of fused-ring (bicyclic) bond motifs is 6. The van der Waals surface area contributed by atoms with Crippen LogP contribution >= 0.6 is 0 Å². The third-order valence-corrected chi connectivity index (χ3v) is 9.97. The van der Waals surface area contributed by atoms with Crippen LogP contribution < -0.4 is 0 Å². The zero-order valence-corrected chi connectivity index (χ0v) is 28.0. The molecular formula is C47H29N5. The summed E-state index contributed by atoms with van der Waals surface area (Å²) >= 11 is 0. The molecule has 0 aliphatic rings. The highest BCUT2D eigenvalue weighted by Crippen LogP contribution is 2.41. The Morgan fingerprint density at radius 1 is 0.423 bits per heavy atom. The smallest absolute Gasteiger partial charge is 0.235 e. The Labute approximate surface area is 300 Å². The van der Waals surface area contributed by atoms with Gasteiger partial charge in [-0.2, -0.15) is 0 Å². The van der Waals surface area contributed by atoms with Gasteiger partial charge < -0.3 is 4.57 Å². The fraction of sp³-hybridized carbons (Fsp3) is 0. The Morgan fingerprint density at radius 2 is 1.00 bits per heavy atom. The van der Waals surface area contributed by atoms with Crippen molar-refractivity contribution in [2.75, 3.05) is 0 Å². The van der Waals surface area contributed by atoms with E-state index in [4.69, 9.17) is 16.5 Å². The summed E-state index contributed by atoms with van der Waals surface area (Å²) in [5.74, 6) is 0.631. The highest BCUT2D eigenvalue weighted by Gasteiger charge is 2.20. The van der Waals surface area contributed by atoms with Crippen molar-refractivity contribution in [1.82, 2.24) is 19.1 Å². The molecule has 0 saturated heterocycles. The Hall–Kier alpha value is -7.29. The van der Waals surface area contributed by atoms with Gasteiger partial charge in [0.2, 0.25) is 5.95 Å². The summed E-state index contributed by atoms with van der Waals surface area (Å²) in [5, 5.41) is 4.66. The summed E-state index contributed by atoms with van der Waals surface area (Å²) in [4.78, 5) is 14.0. The average Bonchev–Trinajstić information content (AvgIpc) is 3.74. The second-order valence-electron chi connectivity index (χ2n) is 12.9. The van der Waals surface area contributed by atoms with Gasteiger partial charge in [0.15, 0.2) is 5.69 Å². The third-order valence-electron chi connectivity index (χ3n) is 9.97. The van der Waals surface area contributed by atoms with E-state index >= 15 is 0 Å². The molecule has 0 radical (unpaired) electrons. The summed E-state index contributed by atoms with van der Waals surface area (Å²) in [6.45, 7) is 7.41. The lowest BCUT2D eigenvalue weighted by atomic mass is 9.98. The summed E-state index contributed by atoms with van der Waals surface area (Å²) in [6.07, 6.45) is 0. The first-order chi connectivity index (χ1) is 25.7. The lowest BCUT2D eigenvalue weighted by molar-refractivity contribution is 0.995. The second kappa shape index (κ2) is 11.9. The Kier molecular flexibility index (Phi) is 6.80. The molecule has 3 aromatic heterocycles. The number of hydrogen-bond acceptors (Lipinski definition) is 2. The van der Waals surface area contributed by atoms with Gasteiger partial charge >= 0.3 is 0 Å². The predicted molar refractivity (Wildman–Crippen MR) is 213 cm³/mol. The van der Waals surface area contributed by atoms with Crippen molar-refractivity contribution in [2.24, 2.45) is 0 Å². The third kappa shape index (κ3) is 4.70. The lowest BCUT2D eigenvalue weighted by Crippen LogP contribution is -2.04. The molecule has 10 rings (SSSR count). The minimum absolute atomic E-state index is 0.631. The first-order valence-corrected chi connectivity index (χ1v) is 17.3. The van der Waals surface area contributed by atoms with Crippen LogP contribution in [0.3, 0.4) is 0 Å². The van der Waals surface area contributed by atoms with E-state index in [1.54, 1.807) is 0 Å². The summed E-state index contributed by atoms with van der Waals surface area (Å²) in [7, 11) is 0. The second-order valence-corrected chi connectivity index (χ2v) is 12.9. The molecule has 0 atom stereocenters. The van der Waals surface area contributed by atoms with E-state index < -0.39 is 0 Å². The van der Waals surface area contributed by atoms with Gasteiger partial charge in [0, 0.05) is 38.4 Å². The van der Waals surface area contributed by atoms with Crippen LogP contribution in [0.25, 0.3) is 93.7 Å². The largest absolute Gasteiger partial charge is 0.309 e. The van der Waals surface area contributed by atoms with Crippen molar-refractivity contribution in [2.45, 2.75) is 0 Å². The van der Waals surface area contributed by atoms with Crippen molar-refractivity contribution in [3.05, 3.63) is 187 Å². The quantitative estimate of drug-likeness (QED) is 0.172. The molecule has 0 spiro atoms. The number of aromatic nitrogens is 4. The fourth-order valence-corrected chi connectivity index (χ4v) is 7.62. The summed E-state index contributed by atoms with van der Waals surface area (Å²) in [5.41, 5.74) is 12.1. The van der Waals surface area contributed by atoms with Gasteiger partial charge in [-0.3, -0.25) is 4.57 Å². The van der Waals surface area contributed by atoms with Gasteiger partial charge in [-0.15, -0.1) is 0 Å². The lowest BCUT2D eigenvalue weighted by Gasteiger charge is -2.12. The van der Waals surface area contributed by atoms with Gasteiger partial charge in [-0.05, 0) is 59.7 Å². The molecule has 3 heterocycles. The molecule has 0 bridgehead atoms. The molecular weight excluding hydrogens is 635 g/mol. The first kappa shape index (κ1) is 29.6. The van der Waals surface area contributed by atoms with Crippen molar-refractivity contribution in [3.8, 4) is 45.3 Å². The van der Waals surface area contributed by atoms with E-state index in [0.29, 0.717) is 11.6 Å². The minimum atomic E-state index is 0.631. The number of benzene rings is 7. The van der Waals surface area contributed by atoms with E-state index in [0.717, 1.165) is 72.2 Å². The molecule has 0 saturated carbocycles. The number of rotatable bonds is 5. The maximum absolute atomic E-state index is 7.41. The number of hydrogen-bond donors (Lipinski definition) is 0. The maximum atomic E-state index is 7.41. The van der Waals surface area contributed by atoms with Gasteiger partial charge in [0.05, 0.1) is 40.0 Å². The van der Waals surface area contributed by atoms with Crippen molar-refractivity contribution in [1.29, 1.82) is 0 Å². The van der Waals surface area contributed by atoms with Crippen molar-refractivity contribution in [3.63, 3.8) is 0 Å². The van der Waals surface area contributed by atoms with Crippen LogP contribution in [0.4, 0.5) is 5.69 Å². The van der Waals surface area contributed by atoms with Gasteiger partial charge in [-0.25, -0.2) is 14.8 Å². The molecule has 5 nitrogen and oxygen atoms in total. The van der Waals surface area contributed by atoms with Crippen LogP contribution in [0.2, 0.25) is 0 Å². The molecule has 242 valence electrons. The molecule has 52 heavy (non-hydrogen) atoms. The van der Waals surface area contributed by atoms with E-state index in [-0.39, 0.29) is 0 Å². The van der Waals surface area contributed by atoms with Crippen LogP contribution in [-0.2, 0) is 0 Å². The first-order valence-electron chi connectivity index (χ1n) is 17.3. The molecule has 0 unspecified atom stereocenters. The van der Waals surface area contributed by atoms with Crippen LogP contribution in [0.1, 0.15) is 0 Å². The monoisotopic (exact) mass is 663 g/mol. The molecule has 5 heteroatoms. The maximum Gasteiger partial charge on any atom is 0.235 e. The van der Waals surface area contributed by atoms with Gasteiger partial charge in [-0.1, -0.05) is 127 Å². The molecule has 0 N–H and O–H groups in total. The summed E-state index contributed by atoms with van der Waals surface area (Å²) < 4.78 is 4.50. The SMILES string of the molecule is [C-]#[N+]c1ccc(-n2c3ccccc3c3cc(-c4cccc5c4c4ccccc4n5-c4nc(-c5ccccc5)cc(-c5ccccc5)n4)ccc32)cc1. The van der Waals surface area contributed by atoms with Gasteiger partial charge in [0.1, 0.15) is 0 Å². The van der Waals surface area contributed by atoms with Crippen molar-refractivity contribution < 1.29 is 0 Å². The van der Waals surface area contributed by atoms with E-state index in [1.807, 2.05) is 60.7 Å². The summed E-state index contributed by atoms with van der Waals surface area (Å²) in [6, 6.07) is 61.0. The zero-order chi connectivity index (χ0) is 34.6. The fourth-order valence-electron chi connectivity index (χ4n) is 7.62. The van der Waals surface area contributed by atoms with Crippen LogP contribution in [0.5, 0.6) is 0 Å². The van der Waals surface area contributed by atoms with E-state index in [2.05, 4.69) is 129 Å². The molecule has 10 aromatic rings. The molecule has 0 amide bonds.